The maximum Gasteiger partial charge on any atom is 0.303 e. The molecule has 0 saturated heterocycles. The van der Waals surface area contributed by atoms with E-state index in [4.69, 9.17) is 5.11 Å². The molecule has 0 amide bonds. The van der Waals surface area contributed by atoms with Crippen molar-refractivity contribution < 1.29 is 20.1 Å². The van der Waals surface area contributed by atoms with E-state index in [0.29, 0.717) is 11.8 Å². The lowest BCUT2D eigenvalue weighted by molar-refractivity contribution is -0.137. The third-order valence-electron chi connectivity index (χ3n) is 5.44. The molecule has 26 heavy (non-hydrogen) atoms. The highest BCUT2D eigenvalue weighted by atomic mass is 16.4. The summed E-state index contributed by atoms with van der Waals surface area (Å²) in [5.41, 5.74) is 1.64. The molecule has 1 rings (SSSR count). The Morgan fingerprint density at radius 3 is 2.54 bits per heavy atom. The second-order valence-corrected chi connectivity index (χ2v) is 9.18. The van der Waals surface area contributed by atoms with Crippen molar-refractivity contribution in [3.05, 3.63) is 11.6 Å². The van der Waals surface area contributed by atoms with Crippen molar-refractivity contribution >= 4 is 5.97 Å². The van der Waals surface area contributed by atoms with E-state index in [1.54, 1.807) is 0 Å². The molecular formula is C22H40O4. The zero-order chi connectivity index (χ0) is 19.6. The monoisotopic (exact) mass is 368 g/mol. The molecule has 0 bridgehead atoms. The Morgan fingerprint density at radius 2 is 1.88 bits per heavy atom. The first-order valence-corrected chi connectivity index (χ1v) is 10.5. The Bertz CT molecular complexity index is 436. The molecule has 0 heterocycles. The maximum absolute atomic E-state index is 10.5. The third-order valence-corrected chi connectivity index (χ3v) is 5.44. The van der Waals surface area contributed by atoms with Gasteiger partial charge in [0, 0.05) is 12.3 Å². The van der Waals surface area contributed by atoms with Crippen LogP contribution in [0, 0.1) is 11.3 Å². The predicted molar refractivity (Wildman–Crippen MR) is 106 cm³/mol. The zero-order valence-corrected chi connectivity index (χ0v) is 17.0. The third kappa shape index (κ3) is 10.3. The summed E-state index contributed by atoms with van der Waals surface area (Å²) in [6.45, 7) is 6.69. The van der Waals surface area contributed by atoms with E-state index in [9.17, 15) is 15.0 Å². The lowest BCUT2D eigenvalue weighted by Crippen LogP contribution is -2.15. The molecule has 0 radical (unpaired) electrons. The molecule has 4 heteroatoms. The number of hydrogen-bond acceptors (Lipinski definition) is 3. The highest BCUT2D eigenvalue weighted by Gasteiger charge is 2.29. The van der Waals surface area contributed by atoms with Gasteiger partial charge in [0.25, 0.3) is 0 Å². The predicted octanol–water partition coefficient (Wildman–Crippen LogP) is 5.08. The normalized spacial score (nSPS) is 23.5. The Labute approximate surface area is 159 Å². The van der Waals surface area contributed by atoms with Crippen LogP contribution in [0.2, 0.25) is 0 Å². The van der Waals surface area contributed by atoms with Crippen molar-refractivity contribution in [3.8, 4) is 0 Å². The summed E-state index contributed by atoms with van der Waals surface area (Å²) in [6, 6.07) is 0. The highest BCUT2D eigenvalue weighted by Crippen LogP contribution is 2.36. The minimum absolute atomic E-state index is 0.233. The van der Waals surface area contributed by atoms with Gasteiger partial charge in [-0.2, -0.15) is 0 Å². The first-order chi connectivity index (χ1) is 12.2. The van der Waals surface area contributed by atoms with Gasteiger partial charge in [0.15, 0.2) is 0 Å². The minimum atomic E-state index is -0.720. The lowest BCUT2D eigenvalue weighted by Gasteiger charge is -2.19. The number of rotatable bonds is 12. The molecule has 1 unspecified atom stereocenters. The second-order valence-electron chi connectivity index (χ2n) is 9.18. The van der Waals surface area contributed by atoms with Crippen LogP contribution in [-0.4, -0.2) is 33.5 Å². The van der Waals surface area contributed by atoms with E-state index < -0.39 is 5.97 Å². The fourth-order valence-corrected chi connectivity index (χ4v) is 3.85. The van der Waals surface area contributed by atoms with Gasteiger partial charge < -0.3 is 15.3 Å². The van der Waals surface area contributed by atoms with Gasteiger partial charge in [-0.15, -0.1) is 0 Å². The van der Waals surface area contributed by atoms with E-state index in [0.717, 1.165) is 64.2 Å². The fraction of sp³-hybridized carbons (Fsp3) is 0.864. The standard InChI is InChI=1S/C22H40O4/c1-22(2,3)16-8-9-18(23)14-12-17-13-15-20(24)19(17)10-6-4-5-7-11-21(25)26/h12,18-20,23-24H,4-11,13-16H2,1-3H3,(H,25,26)/t18?,19-,20+/m1/s1. The number of carboxylic acids is 1. The van der Waals surface area contributed by atoms with Crippen LogP contribution in [0.15, 0.2) is 11.6 Å². The highest BCUT2D eigenvalue weighted by molar-refractivity contribution is 5.66. The number of carboxylic acid groups (broad SMARTS) is 1. The number of aliphatic hydroxyl groups excluding tert-OH is 2. The molecule has 1 aliphatic carbocycles. The van der Waals surface area contributed by atoms with Crippen LogP contribution in [0.4, 0.5) is 0 Å². The van der Waals surface area contributed by atoms with Gasteiger partial charge >= 0.3 is 5.97 Å². The van der Waals surface area contributed by atoms with Gasteiger partial charge in [0.2, 0.25) is 0 Å². The number of unbranched alkanes of at least 4 members (excludes halogenated alkanes) is 3. The van der Waals surface area contributed by atoms with E-state index in [1.165, 1.54) is 5.57 Å². The topological polar surface area (TPSA) is 77.8 Å². The molecule has 1 fully saturated rings. The van der Waals surface area contributed by atoms with Crippen molar-refractivity contribution in [2.75, 3.05) is 0 Å². The first kappa shape index (κ1) is 23.2. The van der Waals surface area contributed by atoms with Gasteiger partial charge in [-0.05, 0) is 50.4 Å². The van der Waals surface area contributed by atoms with E-state index in [1.807, 2.05) is 0 Å². The molecule has 0 spiro atoms. The smallest absolute Gasteiger partial charge is 0.303 e. The number of aliphatic carboxylic acids is 1. The largest absolute Gasteiger partial charge is 0.481 e. The fourth-order valence-electron chi connectivity index (χ4n) is 3.85. The minimum Gasteiger partial charge on any atom is -0.481 e. The molecule has 0 aromatic carbocycles. The van der Waals surface area contributed by atoms with Crippen molar-refractivity contribution in [3.63, 3.8) is 0 Å². The van der Waals surface area contributed by atoms with Crippen LogP contribution < -0.4 is 0 Å². The molecule has 0 aliphatic heterocycles. The SMILES string of the molecule is CC(C)(C)CCCC(O)CC=C1CC[C@H](O)[C@@H]1CCCCCCC(=O)O. The Balaban J connectivity index is 2.30. The van der Waals surface area contributed by atoms with Crippen LogP contribution in [0.5, 0.6) is 0 Å². The van der Waals surface area contributed by atoms with Crippen molar-refractivity contribution in [1.82, 2.24) is 0 Å². The number of aliphatic hydroxyl groups is 2. The number of hydrogen-bond donors (Lipinski definition) is 3. The summed E-state index contributed by atoms with van der Waals surface area (Å²) >= 11 is 0. The Morgan fingerprint density at radius 1 is 1.19 bits per heavy atom. The quantitative estimate of drug-likeness (QED) is 0.332. The van der Waals surface area contributed by atoms with E-state index in [-0.39, 0.29) is 24.5 Å². The van der Waals surface area contributed by atoms with Crippen LogP contribution in [0.25, 0.3) is 0 Å². The zero-order valence-electron chi connectivity index (χ0n) is 17.0. The van der Waals surface area contributed by atoms with Gasteiger partial charge in [0.1, 0.15) is 0 Å². The molecule has 1 saturated carbocycles. The van der Waals surface area contributed by atoms with E-state index >= 15 is 0 Å². The molecule has 152 valence electrons. The summed E-state index contributed by atoms with van der Waals surface area (Å²) < 4.78 is 0. The maximum atomic E-state index is 10.5. The first-order valence-electron chi connectivity index (χ1n) is 10.5. The van der Waals surface area contributed by atoms with Crippen molar-refractivity contribution in [2.24, 2.45) is 11.3 Å². The summed E-state index contributed by atoms with van der Waals surface area (Å²) in [6.07, 6.45) is 12.1. The van der Waals surface area contributed by atoms with Crippen molar-refractivity contribution in [2.45, 2.75) is 110 Å². The molecule has 1 aliphatic rings. The number of carbonyl (C=O) groups is 1. The molecule has 3 atom stereocenters. The molecular weight excluding hydrogens is 328 g/mol. The van der Waals surface area contributed by atoms with Gasteiger partial charge in [0.05, 0.1) is 12.2 Å². The van der Waals surface area contributed by atoms with E-state index in [2.05, 4.69) is 26.8 Å². The Kier molecular flexibility index (Phi) is 10.5. The van der Waals surface area contributed by atoms with Crippen LogP contribution in [-0.2, 0) is 4.79 Å². The van der Waals surface area contributed by atoms with Gasteiger partial charge in [-0.25, -0.2) is 0 Å². The Hall–Kier alpha value is -0.870. The summed E-state index contributed by atoms with van der Waals surface area (Å²) in [4.78, 5) is 10.5. The molecule has 0 aromatic rings. The summed E-state index contributed by atoms with van der Waals surface area (Å²) in [5, 5.41) is 29.1. The van der Waals surface area contributed by atoms with Crippen molar-refractivity contribution in [1.29, 1.82) is 0 Å². The van der Waals surface area contributed by atoms with Gasteiger partial charge in [-0.1, -0.05) is 58.1 Å². The average molecular weight is 369 g/mol. The summed E-state index contributed by atoms with van der Waals surface area (Å²) in [7, 11) is 0. The van der Waals surface area contributed by atoms with Crippen LogP contribution >= 0.6 is 0 Å². The summed E-state index contributed by atoms with van der Waals surface area (Å²) in [5.74, 6) is -0.487. The van der Waals surface area contributed by atoms with Gasteiger partial charge in [-0.3, -0.25) is 4.79 Å². The molecule has 4 nitrogen and oxygen atoms in total. The van der Waals surface area contributed by atoms with Crippen LogP contribution in [0.1, 0.15) is 97.8 Å². The lowest BCUT2D eigenvalue weighted by atomic mass is 9.88. The second kappa shape index (κ2) is 11.8. The molecule has 0 aromatic heterocycles. The van der Waals surface area contributed by atoms with Crippen LogP contribution in [0.3, 0.4) is 0 Å². The molecule has 3 N–H and O–H groups in total. The average Bonchev–Trinajstić information content (AvgIpc) is 2.87.